The first-order chi connectivity index (χ1) is 14.3. The molecule has 1 aromatic heterocycles. The van der Waals surface area contributed by atoms with E-state index in [1.54, 1.807) is 21.1 Å². The van der Waals surface area contributed by atoms with Gasteiger partial charge in [-0.15, -0.1) is 11.3 Å². The summed E-state index contributed by atoms with van der Waals surface area (Å²) >= 11 is 1.46. The minimum atomic E-state index is -3.80. The summed E-state index contributed by atoms with van der Waals surface area (Å²) in [5.41, 5.74) is 2.30. The van der Waals surface area contributed by atoms with Crippen molar-refractivity contribution in [2.45, 2.75) is 24.8 Å². The number of benzene rings is 2. The van der Waals surface area contributed by atoms with Crippen LogP contribution in [0.5, 0.6) is 11.5 Å². The number of hydrogen-bond donors (Lipinski definition) is 0. The molecule has 2 heterocycles. The number of aromatic nitrogens is 1. The van der Waals surface area contributed by atoms with Gasteiger partial charge in [0.2, 0.25) is 10.0 Å². The normalized spacial score (nSPS) is 14.4. The summed E-state index contributed by atoms with van der Waals surface area (Å²) in [4.78, 5) is 5.62. The quantitative estimate of drug-likeness (QED) is 0.590. The molecule has 0 saturated heterocycles. The number of halogens is 1. The number of rotatable bonds is 5. The molecule has 6 nitrogen and oxygen atoms in total. The molecule has 4 rings (SSSR count). The first-order valence-electron chi connectivity index (χ1n) is 9.30. The van der Waals surface area contributed by atoms with Crippen LogP contribution in [0.2, 0.25) is 0 Å². The lowest BCUT2D eigenvalue weighted by atomic mass is 10.2. The van der Waals surface area contributed by atoms with Gasteiger partial charge in [-0.25, -0.2) is 17.8 Å². The number of methoxy groups -OCH3 is 2. The topological polar surface area (TPSA) is 68.7 Å². The van der Waals surface area contributed by atoms with E-state index >= 15 is 0 Å². The molecule has 158 valence electrons. The standard InChI is InChI=1S/C21H21FN2O4S2/c1-13-4-6-15(22)11-20(13)30(25,26)24-9-8-16-19(12-24)29-21(23-16)14-5-7-17(27-2)18(10-14)28-3/h4-7,10-11H,8-9,12H2,1-3H3. The molecule has 0 saturated carbocycles. The lowest BCUT2D eigenvalue weighted by molar-refractivity contribution is 0.355. The lowest BCUT2D eigenvalue weighted by Crippen LogP contribution is -2.35. The molecule has 0 amide bonds. The van der Waals surface area contributed by atoms with Crippen LogP contribution in [0.4, 0.5) is 4.39 Å². The Morgan fingerprint density at radius 2 is 1.87 bits per heavy atom. The Hall–Kier alpha value is -2.49. The van der Waals surface area contributed by atoms with Crippen molar-refractivity contribution < 1.29 is 22.3 Å². The van der Waals surface area contributed by atoms with E-state index in [0.717, 1.165) is 27.2 Å². The fourth-order valence-corrected chi connectivity index (χ4v) is 6.31. The Morgan fingerprint density at radius 1 is 1.10 bits per heavy atom. The monoisotopic (exact) mass is 448 g/mol. The first kappa shape index (κ1) is 20.8. The van der Waals surface area contributed by atoms with Crippen LogP contribution in [-0.4, -0.2) is 38.5 Å². The van der Waals surface area contributed by atoms with Gasteiger partial charge >= 0.3 is 0 Å². The summed E-state index contributed by atoms with van der Waals surface area (Å²) in [5, 5.41) is 0.794. The van der Waals surface area contributed by atoms with Crippen LogP contribution in [0.25, 0.3) is 10.6 Å². The van der Waals surface area contributed by atoms with Crippen LogP contribution in [0, 0.1) is 12.7 Å². The highest BCUT2D eigenvalue weighted by Crippen LogP contribution is 2.37. The van der Waals surface area contributed by atoms with Crippen molar-refractivity contribution in [3.63, 3.8) is 0 Å². The number of aryl methyl sites for hydroxylation is 1. The van der Waals surface area contributed by atoms with Crippen molar-refractivity contribution >= 4 is 21.4 Å². The molecule has 1 aliphatic heterocycles. The second kappa shape index (κ2) is 7.98. The Kier molecular flexibility index (Phi) is 5.52. The van der Waals surface area contributed by atoms with Gasteiger partial charge in [-0.1, -0.05) is 6.07 Å². The average molecular weight is 449 g/mol. The van der Waals surface area contributed by atoms with Gasteiger partial charge in [-0.2, -0.15) is 4.31 Å². The predicted octanol–water partition coefficient (Wildman–Crippen LogP) is 4.02. The van der Waals surface area contributed by atoms with Crippen LogP contribution in [0.15, 0.2) is 41.3 Å². The van der Waals surface area contributed by atoms with Crippen LogP contribution < -0.4 is 9.47 Å². The molecule has 0 radical (unpaired) electrons. The molecule has 0 N–H and O–H groups in total. The molecule has 0 bridgehead atoms. The van der Waals surface area contributed by atoms with Crippen molar-refractivity contribution in [2.75, 3.05) is 20.8 Å². The zero-order valence-corrected chi connectivity index (χ0v) is 18.4. The number of nitrogens with zero attached hydrogens (tertiary/aromatic N) is 2. The Labute approximate surface area is 179 Å². The van der Waals surface area contributed by atoms with E-state index in [9.17, 15) is 12.8 Å². The van der Waals surface area contributed by atoms with Crippen molar-refractivity contribution in [1.82, 2.24) is 9.29 Å². The Balaban J connectivity index is 1.64. The van der Waals surface area contributed by atoms with Crippen LogP contribution in [0.1, 0.15) is 16.1 Å². The number of fused-ring (bicyclic) bond motifs is 1. The van der Waals surface area contributed by atoms with E-state index in [2.05, 4.69) is 0 Å². The zero-order valence-electron chi connectivity index (χ0n) is 16.8. The van der Waals surface area contributed by atoms with E-state index in [1.807, 2.05) is 18.2 Å². The third kappa shape index (κ3) is 3.68. The fraction of sp³-hybridized carbons (Fsp3) is 0.286. The minimum Gasteiger partial charge on any atom is -0.493 e. The summed E-state index contributed by atoms with van der Waals surface area (Å²) < 4.78 is 51.9. The summed E-state index contributed by atoms with van der Waals surface area (Å²) in [7, 11) is -0.644. The van der Waals surface area contributed by atoms with Gasteiger partial charge in [-0.3, -0.25) is 0 Å². The summed E-state index contributed by atoms with van der Waals surface area (Å²) in [6.07, 6.45) is 0.507. The van der Waals surface area contributed by atoms with E-state index in [0.29, 0.717) is 30.0 Å². The number of thiazole rings is 1. The van der Waals surface area contributed by atoms with E-state index < -0.39 is 15.8 Å². The molecular formula is C21H21FN2O4S2. The minimum absolute atomic E-state index is 0.00980. The van der Waals surface area contributed by atoms with Gasteiger partial charge in [0.05, 0.1) is 31.4 Å². The third-order valence-corrected chi connectivity index (χ3v) is 8.21. The maximum absolute atomic E-state index is 13.7. The van der Waals surface area contributed by atoms with Crippen LogP contribution in [-0.2, 0) is 23.0 Å². The molecule has 0 unspecified atom stereocenters. The molecule has 9 heteroatoms. The van der Waals surface area contributed by atoms with Gasteiger partial charge in [0.15, 0.2) is 11.5 Å². The second-order valence-electron chi connectivity index (χ2n) is 6.96. The molecule has 3 aromatic rings. The molecule has 0 spiro atoms. The van der Waals surface area contributed by atoms with E-state index in [1.165, 1.54) is 27.8 Å². The SMILES string of the molecule is COc1ccc(-c2nc3c(s2)CN(S(=O)(=O)c2cc(F)ccc2C)CC3)cc1OC. The molecule has 30 heavy (non-hydrogen) atoms. The third-order valence-electron chi connectivity index (χ3n) is 5.09. The van der Waals surface area contributed by atoms with Gasteiger partial charge < -0.3 is 9.47 Å². The second-order valence-corrected chi connectivity index (χ2v) is 9.95. The van der Waals surface area contributed by atoms with E-state index in [4.69, 9.17) is 14.5 Å². The summed E-state index contributed by atoms with van der Waals surface area (Å²) in [6, 6.07) is 9.41. The van der Waals surface area contributed by atoms with Crippen molar-refractivity contribution in [2.24, 2.45) is 0 Å². The number of ether oxygens (including phenoxy) is 2. The fourth-order valence-electron chi connectivity index (χ4n) is 3.46. The molecule has 1 aliphatic rings. The Bertz CT molecular complexity index is 1210. The van der Waals surface area contributed by atoms with Gasteiger partial charge in [0, 0.05) is 23.4 Å². The summed E-state index contributed by atoms with van der Waals surface area (Å²) in [5.74, 6) is 0.671. The average Bonchev–Trinajstić information content (AvgIpc) is 3.18. The van der Waals surface area contributed by atoms with Crippen molar-refractivity contribution in [3.8, 4) is 22.1 Å². The van der Waals surface area contributed by atoms with Gasteiger partial charge in [0.25, 0.3) is 0 Å². The molecule has 0 aliphatic carbocycles. The highest BCUT2D eigenvalue weighted by molar-refractivity contribution is 7.89. The molecular weight excluding hydrogens is 427 g/mol. The van der Waals surface area contributed by atoms with E-state index in [-0.39, 0.29) is 11.4 Å². The number of sulfonamides is 1. The highest BCUT2D eigenvalue weighted by Gasteiger charge is 2.31. The van der Waals surface area contributed by atoms with Crippen molar-refractivity contribution in [3.05, 3.63) is 58.3 Å². The lowest BCUT2D eigenvalue weighted by Gasteiger charge is -2.26. The molecule has 0 atom stereocenters. The predicted molar refractivity (Wildman–Crippen MR) is 113 cm³/mol. The largest absolute Gasteiger partial charge is 0.493 e. The zero-order chi connectivity index (χ0) is 21.5. The highest BCUT2D eigenvalue weighted by atomic mass is 32.2. The summed E-state index contributed by atoms with van der Waals surface area (Å²) in [6.45, 7) is 2.20. The van der Waals surface area contributed by atoms with Crippen LogP contribution >= 0.6 is 11.3 Å². The first-order valence-corrected chi connectivity index (χ1v) is 11.6. The number of hydrogen-bond acceptors (Lipinski definition) is 6. The van der Waals surface area contributed by atoms with Crippen molar-refractivity contribution in [1.29, 1.82) is 0 Å². The maximum Gasteiger partial charge on any atom is 0.243 e. The van der Waals surface area contributed by atoms with Crippen LogP contribution in [0.3, 0.4) is 0 Å². The van der Waals surface area contributed by atoms with Gasteiger partial charge in [-0.05, 0) is 42.8 Å². The molecule has 2 aromatic carbocycles. The smallest absolute Gasteiger partial charge is 0.243 e. The van der Waals surface area contributed by atoms with Gasteiger partial charge in [0.1, 0.15) is 10.8 Å². The maximum atomic E-state index is 13.7. The molecule has 0 fully saturated rings. The Morgan fingerprint density at radius 3 is 2.60 bits per heavy atom.